The van der Waals surface area contributed by atoms with E-state index in [-0.39, 0.29) is 17.2 Å². The van der Waals surface area contributed by atoms with Gasteiger partial charge in [0.25, 0.3) is 5.91 Å². The molecule has 1 aromatic heterocycles. The van der Waals surface area contributed by atoms with Crippen LogP contribution >= 0.6 is 0 Å². The number of carbonyl (C=O) groups is 2. The fourth-order valence-corrected chi connectivity index (χ4v) is 2.52. The quantitative estimate of drug-likeness (QED) is 0.855. The summed E-state index contributed by atoms with van der Waals surface area (Å²) in [6.45, 7) is 10.7. The number of nitrogens with one attached hydrogen (secondary N) is 2. The van der Waals surface area contributed by atoms with Crippen LogP contribution in [0.2, 0.25) is 0 Å². The van der Waals surface area contributed by atoms with Crippen LogP contribution in [-0.4, -0.2) is 21.4 Å². The van der Waals surface area contributed by atoms with Gasteiger partial charge >= 0.3 is 0 Å². The Hall–Kier alpha value is -2.37. The van der Waals surface area contributed by atoms with Crippen LogP contribution in [0.1, 0.15) is 50.3 Å². The van der Waals surface area contributed by atoms with Gasteiger partial charge in [0.05, 0.1) is 11.0 Å². The summed E-state index contributed by atoms with van der Waals surface area (Å²) < 4.78 is 2.09. The molecule has 0 saturated carbocycles. The molecule has 23 heavy (non-hydrogen) atoms. The van der Waals surface area contributed by atoms with Gasteiger partial charge < -0.3 is 4.57 Å². The number of carbonyl (C=O) groups excluding carboxylic acids is 2. The van der Waals surface area contributed by atoms with E-state index in [1.54, 1.807) is 12.1 Å². The van der Waals surface area contributed by atoms with Crippen LogP contribution in [0.5, 0.6) is 0 Å². The van der Waals surface area contributed by atoms with E-state index in [2.05, 4.69) is 27.3 Å². The van der Waals surface area contributed by atoms with Crippen molar-refractivity contribution < 1.29 is 9.59 Å². The van der Waals surface area contributed by atoms with E-state index >= 15 is 0 Å². The average Bonchev–Trinajstić information content (AvgIpc) is 2.76. The molecule has 2 rings (SSSR count). The number of fused-ring (bicyclic) bond motifs is 1. The van der Waals surface area contributed by atoms with Gasteiger partial charge in [-0.1, -0.05) is 20.8 Å². The van der Waals surface area contributed by atoms with Crippen LogP contribution in [0, 0.1) is 12.3 Å². The minimum Gasteiger partial charge on any atom is -0.329 e. The van der Waals surface area contributed by atoms with Gasteiger partial charge in [-0.05, 0) is 37.5 Å². The summed E-state index contributed by atoms with van der Waals surface area (Å²) in [6, 6.07) is 5.35. The fourth-order valence-electron chi connectivity index (χ4n) is 2.52. The molecule has 2 aromatic rings. The van der Waals surface area contributed by atoms with Gasteiger partial charge in [-0.3, -0.25) is 20.4 Å². The van der Waals surface area contributed by atoms with Gasteiger partial charge in [-0.2, -0.15) is 0 Å². The number of aryl methyl sites for hydroxylation is 2. The number of nitrogens with zero attached hydrogens (tertiary/aromatic N) is 2. The molecule has 0 unspecified atom stereocenters. The SMILES string of the molecule is CCn1c(C)nc2cc(C(=O)NNC(=O)CC(C)(C)C)ccc21. The molecule has 0 fully saturated rings. The van der Waals surface area contributed by atoms with Crippen molar-refractivity contribution >= 4 is 22.8 Å². The lowest BCUT2D eigenvalue weighted by atomic mass is 9.92. The van der Waals surface area contributed by atoms with Crippen LogP contribution < -0.4 is 10.9 Å². The lowest BCUT2D eigenvalue weighted by Gasteiger charge is -2.17. The molecule has 6 nitrogen and oxygen atoms in total. The zero-order chi connectivity index (χ0) is 17.2. The predicted molar refractivity (Wildman–Crippen MR) is 89.8 cm³/mol. The molecule has 124 valence electrons. The summed E-state index contributed by atoms with van der Waals surface area (Å²) in [5.41, 5.74) is 7.01. The number of benzene rings is 1. The number of aromatic nitrogens is 2. The van der Waals surface area contributed by atoms with E-state index in [4.69, 9.17) is 0 Å². The monoisotopic (exact) mass is 316 g/mol. The van der Waals surface area contributed by atoms with Gasteiger partial charge in [0.15, 0.2) is 0 Å². The number of imidazole rings is 1. The van der Waals surface area contributed by atoms with Crippen molar-refractivity contribution in [2.45, 2.75) is 47.6 Å². The maximum absolute atomic E-state index is 12.2. The van der Waals surface area contributed by atoms with E-state index in [0.29, 0.717) is 12.0 Å². The molecule has 0 aliphatic carbocycles. The molecule has 0 atom stereocenters. The van der Waals surface area contributed by atoms with Crippen LogP contribution in [0.25, 0.3) is 11.0 Å². The van der Waals surface area contributed by atoms with E-state index in [0.717, 1.165) is 23.4 Å². The highest BCUT2D eigenvalue weighted by Gasteiger charge is 2.17. The third-order valence-corrected chi connectivity index (χ3v) is 3.52. The zero-order valence-electron chi connectivity index (χ0n) is 14.4. The Morgan fingerprint density at radius 1 is 1.22 bits per heavy atom. The molecular formula is C17H24N4O2. The number of hydrogen-bond donors (Lipinski definition) is 2. The Labute approximate surface area is 136 Å². The summed E-state index contributed by atoms with van der Waals surface area (Å²) >= 11 is 0. The largest absolute Gasteiger partial charge is 0.329 e. The average molecular weight is 316 g/mol. The van der Waals surface area contributed by atoms with Crippen LogP contribution in [0.15, 0.2) is 18.2 Å². The highest BCUT2D eigenvalue weighted by Crippen LogP contribution is 2.18. The summed E-state index contributed by atoms with van der Waals surface area (Å²) in [4.78, 5) is 28.4. The fraction of sp³-hybridized carbons (Fsp3) is 0.471. The second-order valence-electron chi connectivity index (χ2n) is 6.85. The van der Waals surface area contributed by atoms with Crippen molar-refractivity contribution in [3.05, 3.63) is 29.6 Å². The first-order chi connectivity index (χ1) is 10.7. The molecule has 0 aliphatic rings. The summed E-state index contributed by atoms with van der Waals surface area (Å²) in [7, 11) is 0. The summed E-state index contributed by atoms with van der Waals surface area (Å²) in [6.07, 6.45) is 0.340. The molecule has 0 spiro atoms. The first-order valence-corrected chi connectivity index (χ1v) is 7.77. The van der Waals surface area contributed by atoms with Crippen molar-refractivity contribution in [1.82, 2.24) is 20.4 Å². The molecule has 2 amide bonds. The Morgan fingerprint density at radius 3 is 2.52 bits per heavy atom. The third kappa shape index (κ3) is 4.09. The molecule has 1 heterocycles. The van der Waals surface area contributed by atoms with Gasteiger partial charge in [0.2, 0.25) is 5.91 Å². The zero-order valence-corrected chi connectivity index (χ0v) is 14.4. The molecule has 2 N–H and O–H groups in total. The van der Waals surface area contributed by atoms with Crippen molar-refractivity contribution in [1.29, 1.82) is 0 Å². The number of hydrazine groups is 1. The number of hydrogen-bond acceptors (Lipinski definition) is 3. The van der Waals surface area contributed by atoms with Crippen molar-refractivity contribution in [3.8, 4) is 0 Å². The first-order valence-electron chi connectivity index (χ1n) is 7.77. The van der Waals surface area contributed by atoms with E-state index in [1.165, 1.54) is 0 Å². The molecule has 0 aliphatic heterocycles. The first kappa shape index (κ1) is 17.0. The molecular weight excluding hydrogens is 292 g/mol. The Kier molecular flexibility index (Phi) is 4.73. The number of amides is 2. The van der Waals surface area contributed by atoms with Crippen molar-refractivity contribution in [3.63, 3.8) is 0 Å². The van der Waals surface area contributed by atoms with E-state index in [9.17, 15) is 9.59 Å². The summed E-state index contributed by atoms with van der Waals surface area (Å²) in [5.74, 6) is 0.356. The van der Waals surface area contributed by atoms with E-state index in [1.807, 2.05) is 33.8 Å². The highest BCUT2D eigenvalue weighted by atomic mass is 16.2. The number of rotatable bonds is 3. The smallest absolute Gasteiger partial charge is 0.269 e. The van der Waals surface area contributed by atoms with Crippen LogP contribution in [0.4, 0.5) is 0 Å². The van der Waals surface area contributed by atoms with Crippen LogP contribution in [0.3, 0.4) is 0 Å². The van der Waals surface area contributed by atoms with Gasteiger partial charge in [0.1, 0.15) is 5.82 Å². The molecule has 1 aromatic carbocycles. The van der Waals surface area contributed by atoms with Gasteiger partial charge in [-0.25, -0.2) is 4.98 Å². The predicted octanol–water partition coefficient (Wildman–Crippen LogP) is 2.56. The normalized spacial score (nSPS) is 11.5. The van der Waals surface area contributed by atoms with E-state index < -0.39 is 0 Å². The second-order valence-corrected chi connectivity index (χ2v) is 6.85. The molecule has 6 heteroatoms. The molecule has 0 bridgehead atoms. The standard InChI is InChI=1S/C17H24N4O2/c1-6-21-11(2)18-13-9-12(7-8-14(13)21)16(23)20-19-15(22)10-17(3,4)5/h7-9H,6,10H2,1-5H3,(H,19,22)(H,20,23). The van der Waals surface area contributed by atoms with Crippen molar-refractivity contribution in [2.24, 2.45) is 5.41 Å². The van der Waals surface area contributed by atoms with Gasteiger partial charge in [0, 0.05) is 18.5 Å². The topological polar surface area (TPSA) is 76.0 Å². The highest BCUT2D eigenvalue weighted by molar-refractivity contribution is 5.98. The summed E-state index contributed by atoms with van der Waals surface area (Å²) in [5, 5.41) is 0. The van der Waals surface area contributed by atoms with Crippen LogP contribution in [-0.2, 0) is 11.3 Å². The van der Waals surface area contributed by atoms with Crippen molar-refractivity contribution in [2.75, 3.05) is 0 Å². The Bertz CT molecular complexity index is 741. The molecule has 0 saturated heterocycles. The maximum Gasteiger partial charge on any atom is 0.269 e. The van der Waals surface area contributed by atoms with Gasteiger partial charge in [-0.15, -0.1) is 0 Å². The molecule has 0 radical (unpaired) electrons. The Morgan fingerprint density at radius 2 is 1.91 bits per heavy atom. The second kappa shape index (κ2) is 6.40. The minimum absolute atomic E-state index is 0.127. The Balaban J connectivity index is 2.08. The third-order valence-electron chi connectivity index (χ3n) is 3.52. The lowest BCUT2D eigenvalue weighted by Crippen LogP contribution is -2.42. The lowest BCUT2D eigenvalue weighted by molar-refractivity contribution is -0.123. The maximum atomic E-state index is 12.2. The minimum atomic E-state index is -0.349.